The highest BCUT2D eigenvalue weighted by Crippen LogP contribution is 2.23. The largest absolute Gasteiger partial charge is 0.338 e. The van der Waals surface area contributed by atoms with Gasteiger partial charge in [0.05, 0.1) is 6.54 Å². The lowest BCUT2D eigenvalue weighted by Crippen LogP contribution is -2.50. The van der Waals surface area contributed by atoms with E-state index in [1.807, 2.05) is 19.1 Å². The van der Waals surface area contributed by atoms with Crippen LogP contribution in [0.1, 0.15) is 24.1 Å². The summed E-state index contributed by atoms with van der Waals surface area (Å²) in [7, 11) is 0. The van der Waals surface area contributed by atoms with E-state index in [2.05, 4.69) is 10.2 Å². The lowest BCUT2D eigenvalue weighted by molar-refractivity contribution is -0.133. The summed E-state index contributed by atoms with van der Waals surface area (Å²) in [5, 5.41) is 3.31. The van der Waals surface area contributed by atoms with Gasteiger partial charge in [-0.15, -0.1) is 12.4 Å². The molecule has 1 amide bonds. The lowest BCUT2D eigenvalue weighted by Gasteiger charge is -2.37. The van der Waals surface area contributed by atoms with Crippen LogP contribution in [0.2, 0.25) is 0 Å². The van der Waals surface area contributed by atoms with Crippen LogP contribution in [0.15, 0.2) is 48.5 Å². The van der Waals surface area contributed by atoms with E-state index >= 15 is 0 Å². The molecule has 0 bridgehead atoms. The molecule has 7 heteroatoms. The Balaban J connectivity index is 0.00000280. The van der Waals surface area contributed by atoms with Crippen LogP contribution in [0.4, 0.5) is 8.78 Å². The number of amides is 1. The van der Waals surface area contributed by atoms with E-state index in [0.29, 0.717) is 26.2 Å². The van der Waals surface area contributed by atoms with E-state index in [1.165, 1.54) is 24.3 Å². The summed E-state index contributed by atoms with van der Waals surface area (Å²) in [4.78, 5) is 16.7. The Labute approximate surface area is 170 Å². The fraction of sp³-hybridized carbons (Fsp3) is 0.381. The minimum Gasteiger partial charge on any atom is -0.338 e. The molecule has 1 aliphatic rings. The van der Waals surface area contributed by atoms with Gasteiger partial charge in [-0.3, -0.25) is 9.69 Å². The first-order valence-corrected chi connectivity index (χ1v) is 9.29. The van der Waals surface area contributed by atoms with Crippen molar-refractivity contribution in [1.29, 1.82) is 0 Å². The molecule has 0 spiro atoms. The van der Waals surface area contributed by atoms with Crippen LogP contribution >= 0.6 is 12.4 Å². The number of hydrogen-bond acceptors (Lipinski definition) is 3. The molecule has 2 aromatic carbocycles. The molecule has 152 valence electrons. The minimum atomic E-state index is -0.302. The van der Waals surface area contributed by atoms with Crippen molar-refractivity contribution < 1.29 is 13.6 Å². The zero-order valence-corrected chi connectivity index (χ0v) is 16.7. The molecule has 0 saturated carbocycles. The van der Waals surface area contributed by atoms with Crippen molar-refractivity contribution in [3.63, 3.8) is 0 Å². The molecular weight excluding hydrogens is 384 g/mol. The number of benzene rings is 2. The van der Waals surface area contributed by atoms with Gasteiger partial charge in [-0.1, -0.05) is 24.3 Å². The quantitative estimate of drug-likeness (QED) is 0.794. The number of carbonyl (C=O) groups is 1. The Hall–Kier alpha value is -2.02. The van der Waals surface area contributed by atoms with Crippen LogP contribution in [0.25, 0.3) is 0 Å². The number of nitrogens with zero attached hydrogens (tertiary/aromatic N) is 2. The van der Waals surface area contributed by atoms with Gasteiger partial charge < -0.3 is 10.2 Å². The van der Waals surface area contributed by atoms with E-state index in [1.54, 1.807) is 17.0 Å². The predicted octanol–water partition coefficient (Wildman–Crippen LogP) is 3.38. The van der Waals surface area contributed by atoms with Crippen LogP contribution in [0.3, 0.4) is 0 Å². The molecule has 2 aromatic rings. The average molecular weight is 410 g/mol. The van der Waals surface area contributed by atoms with Gasteiger partial charge in [-0.2, -0.15) is 0 Å². The maximum Gasteiger partial charge on any atom is 0.237 e. The molecular formula is C21H26ClF2N3O. The van der Waals surface area contributed by atoms with Gasteiger partial charge >= 0.3 is 0 Å². The molecule has 1 atom stereocenters. The molecule has 3 rings (SSSR count). The Morgan fingerprint density at radius 3 is 2.57 bits per heavy atom. The Morgan fingerprint density at radius 2 is 1.89 bits per heavy atom. The van der Waals surface area contributed by atoms with E-state index in [-0.39, 0.29) is 42.5 Å². The number of carbonyl (C=O) groups excluding carboxylic acids is 1. The zero-order valence-electron chi connectivity index (χ0n) is 15.9. The van der Waals surface area contributed by atoms with Crippen molar-refractivity contribution in [3.8, 4) is 0 Å². The summed E-state index contributed by atoms with van der Waals surface area (Å²) in [6.45, 7) is 5.27. The summed E-state index contributed by atoms with van der Waals surface area (Å²) in [5.41, 5.74) is 1.63. The molecule has 28 heavy (non-hydrogen) atoms. The summed E-state index contributed by atoms with van der Waals surface area (Å²) >= 11 is 0. The van der Waals surface area contributed by atoms with Crippen molar-refractivity contribution in [2.75, 3.05) is 32.7 Å². The van der Waals surface area contributed by atoms with Crippen LogP contribution in [0.5, 0.6) is 0 Å². The van der Waals surface area contributed by atoms with Crippen molar-refractivity contribution >= 4 is 18.3 Å². The maximum atomic E-state index is 13.6. The number of piperazine rings is 1. The second kappa shape index (κ2) is 10.5. The van der Waals surface area contributed by atoms with E-state index in [0.717, 1.165) is 17.7 Å². The third kappa shape index (κ3) is 5.74. The maximum absolute atomic E-state index is 13.6. The minimum absolute atomic E-state index is 0. The first kappa shape index (κ1) is 22.3. The SMILES string of the molecule is CCN(Cc1cccc(F)c1)C(=O)CN1CCNCC1c1cccc(F)c1.Cl. The predicted molar refractivity (Wildman–Crippen MR) is 108 cm³/mol. The lowest BCUT2D eigenvalue weighted by atomic mass is 10.0. The van der Waals surface area contributed by atoms with Gasteiger partial charge in [-0.25, -0.2) is 8.78 Å². The fourth-order valence-electron chi connectivity index (χ4n) is 3.48. The van der Waals surface area contributed by atoms with E-state index in [4.69, 9.17) is 0 Å². The standard InChI is InChI=1S/C21H25F2N3O.ClH/c1-2-25(14-16-5-3-7-18(22)11-16)21(27)15-26-10-9-24-13-20(26)17-6-4-8-19(23)12-17;/h3-8,11-12,20,24H,2,9-10,13-15H2,1H3;1H. The molecule has 1 fully saturated rings. The number of hydrogen-bond donors (Lipinski definition) is 1. The highest BCUT2D eigenvalue weighted by Gasteiger charge is 2.27. The van der Waals surface area contributed by atoms with Gasteiger partial charge in [-0.05, 0) is 42.3 Å². The highest BCUT2D eigenvalue weighted by atomic mass is 35.5. The first-order valence-electron chi connectivity index (χ1n) is 9.29. The Kier molecular flexibility index (Phi) is 8.35. The molecule has 0 aromatic heterocycles. The Bertz CT molecular complexity index is 790. The molecule has 1 N–H and O–H groups in total. The van der Waals surface area contributed by atoms with Gasteiger partial charge in [0.25, 0.3) is 0 Å². The highest BCUT2D eigenvalue weighted by molar-refractivity contribution is 5.85. The van der Waals surface area contributed by atoms with Crippen molar-refractivity contribution in [3.05, 3.63) is 71.3 Å². The fourth-order valence-corrected chi connectivity index (χ4v) is 3.48. The van der Waals surface area contributed by atoms with Crippen LogP contribution in [-0.2, 0) is 11.3 Å². The van der Waals surface area contributed by atoms with Gasteiger partial charge in [0, 0.05) is 38.8 Å². The monoisotopic (exact) mass is 409 g/mol. The zero-order chi connectivity index (χ0) is 19.2. The van der Waals surface area contributed by atoms with Crippen molar-refractivity contribution in [1.82, 2.24) is 15.1 Å². The molecule has 0 radical (unpaired) electrons. The van der Waals surface area contributed by atoms with Gasteiger partial charge in [0.1, 0.15) is 11.6 Å². The van der Waals surface area contributed by atoms with Crippen LogP contribution < -0.4 is 5.32 Å². The van der Waals surface area contributed by atoms with E-state index in [9.17, 15) is 13.6 Å². The van der Waals surface area contributed by atoms with E-state index < -0.39 is 0 Å². The second-order valence-corrected chi connectivity index (χ2v) is 6.78. The number of halogens is 3. The van der Waals surface area contributed by atoms with Gasteiger partial charge in [0.15, 0.2) is 0 Å². The normalized spacial score (nSPS) is 17.0. The van der Waals surface area contributed by atoms with Gasteiger partial charge in [0.2, 0.25) is 5.91 Å². The Morgan fingerprint density at radius 1 is 1.18 bits per heavy atom. The summed E-state index contributed by atoms with van der Waals surface area (Å²) in [5.74, 6) is -0.583. The first-order chi connectivity index (χ1) is 13.1. The molecule has 1 saturated heterocycles. The second-order valence-electron chi connectivity index (χ2n) is 6.78. The van der Waals surface area contributed by atoms with Crippen LogP contribution in [0, 0.1) is 11.6 Å². The van der Waals surface area contributed by atoms with Crippen molar-refractivity contribution in [2.45, 2.75) is 19.5 Å². The number of nitrogens with one attached hydrogen (secondary N) is 1. The molecule has 0 aliphatic carbocycles. The summed E-state index contributed by atoms with van der Waals surface area (Å²) < 4.78 is 27.0. The topological polar surface area (TPSA) is 35.6 Å². The average Bonchev–Trinajstić information content (AvgIpc) is 2.66. The van der Waals surface area contributed by atoms with Crippen molar-refractivity contribution in [2.24, 2.45) is 0 Å². The summed E-state index contributed by atoms with van der Waals surface area (Å²) in [6.07, 6.45) is 0. The van der Waals surface area contributed by atoms with Crippen LogP contribution in [-0.4, -0.2) is 48.4 Å². The molecule has 1 unspecified atom stereocenters. The third-order valence-electron chi connectivity index (χ3n) is 4.92. The molecule has 1 heterocycles. The molecule has 1 aliphatic heterocycles. The smallest absolute Gasteiger partial charge is 0.237 e. The summed E-state index contributed by atoms with van der Waals surface area (Å²) in [6, 6.07) is 12.8. The third-order valence-corrected chi connectivity index (χ3v) is 4.92. The number of likely N-dealkylation sites (N-methyl/N-ethyl adjacent to an activating group) is 1. The number of rotatable bonds is 6. The molecule has 4 nitrogen and oxygen atoms in total.